The lowest BCUT2D eigenvalue weighted by atomic mass is 10.2. The molecule has 0 aromatic heterocycles. The van der Waals surface area contributed by atoms with E-state index in [0.29, 0.717) is 0 Å². The molecule has 0 bridgehead atoms. The van der Waals surface area contributed by atoms with Crippen LogP contribution in [0.2, 0.25) is 0 Å². The highest BCUT2D eigenvalue weighted by Crippen LogP contribution is 2.25. The minimum absolute atomic E-state index is 0.277. The van der Waals surface area contributed by atoms with Gasteiger partial charge in [-0.2, -0.15) is 0 Å². The van der Waals surface area contributed by atoms with Gasteiger partial charge in [-0.15, -0.1) is 0 Å². The van der Waals surface area contributed by atoms with Gasteiger partial charge >= 0.3 is 0 Å². The zero-order valence-electron chi connectivity index (χ0n) is 5.14. The molecule has 4 atom stereocenters. The molecular formula is C5H9BrO4. The molecule has 1 unspecified atom stereocenters. The van der Waals surface area contributed by atoms with Crippen molar-refractivity contribution in [3.05, 3.63) is 0 Å². The lowest BCUT2D eigenvalue weighted by molar-refractivity contribution is -0.106. The monoisotopic (exact) mass is 212 g/mol. The number of hydrogen-bond donors (Lipinski definition) is 3. The molecule has 1 fully saturated rings. The maximum absolute atomic E-state index is 9.14. The average Bonchev–Trinajstić information content (AvgIpc) is 2.17. The van der Waals surface area contributed by atoms with Crippen molar-refractivity contribution < 1.29 is 20.1 Å². The fourth-order valence-electron chi connectivity index (χ4n) is 0.859. The van der Waals surface area contributed by atoms with Crippen LogP contribution in [0.25, 0.3) is 0 Å². The van der Waals surface area contributed by atoms with Gasteiger partial charge in [-0.1, -0.05) is 15.9 Å². The third kappa shape index (κ3) is 1.33. The zero-order valence-corrected chi connectivity index (χ0v) is 6.73. The fraction of sp³-hybridized carbons (Fsp3) is 1.00. The molecule has 10 heavy (non-hydrogen) atoms. The predicted octanol–water partition coefficient (Wildman–Crippen LogP) is -1.18. The highest BCUT2D eigenvalue weighted by molar-refractivity contribution is 9.09. The van der Waals surface area contributed by atoms with Crippen LogP contribution in [0.3, 0.4) is 0 Å². The van der Waals surface area contributed by atoms with Crippen LogP contribution < -0.4 is 0 Å². The van der Waals surface area contributed by atoms with Gasteiger partial charge in [0.05, 0.1) is 17.5 Å². The molecule has 0 saturated carbocycles. The molecule has 5 heteroatoms. The molecule has 3 N–H and O–H groups in total. The smallest absolute Gasteiger partial charge is 0.170 e. The Kier molecular flexibility index (Phi) is 2.65. The van der Waals surface area contributed by atoms with Crippen molar-refractivity contribution in [2.45, 2.75) is 23.3 Å². The second kappa shape index (κ2) is 3.15. The number of ether oxygens (including phenoxy) is 1. The van der Waals surface area contributed by atoms with Crippen LogP contribution in [0.15, 0.2) is 0 Å². The van der Waals surface area contributed by atoms with Crippen LogP contribution in [0.5, 0.6) is 0 Å². The van der Waals surface area contributed by atoms with E-state index in [4.69, 9.17) is 20.1 Å². The van der Waals surface area contributed by atoms with Gasteiger partial charge in [0.15, 0.2) is 6.29 Å². The highest BCUT2D eigenvalue weighted by atomic mass is 79.9. The van der Waals surface area contributed by atoms with E-state index in [1.54, 1.807) is 0 Å². The number of aliphatic hydroxyl groups excluding tert-OH is 3. The van der Waals surface area contributed by atoms with Crippen LogP contribution in [0, 0.1) is 0 Å². The Morgan fingerprint density at radius 2 is 2.00 bits per heavy atom. The number of rotatable bonds is 1. The summed E-state index contributed by atoms with van der Waals surface area (Å²) in [6.45, 7) is -0.277. The van der Waals surface area contributed by atoms with Crippen molar-refractivity contribution in [3.63, 3.8) is 0 Å². The Morgan fingerprint density at radius 1 is 1.40 bits per heavy atom. The quantitative estimate of drug-likeness (QED) is 0.479. The SMILES string of the molecule is OC[C@H]1OC(O)[C@@H](Br)[C@@H]1O. The molecule has 0 spiro atoms. The Labute approximate surface area is 66.6 Å². The maximum Gasteiger partial charge on any atom is 0.170 e. The second-order valence-corrected chi connectivity index (χ2v) is 3.24. The number of alkyl halides is 1. The summed E-state index contributed by atoms with van der Waals surface area (Å²) in [6, 6.07) is 0. The summed E-state index contributed by atoms with van der Waals surface area (Å²) in [5.41, 5.74) is 0. The van der Waals surface area contributed by atoms with Gasteiger partial charge in [-0.05, 0) is 0 Å². The van der Waals surface area contributed by atoms with E-state index in [-0.39, 0.29) is 6.61 Å². The largest absolute Gasteiger partial charge is 0.394 e. The van der Waals surface area contributed by atoms with Gasteiger partial charge in [-0.25, -0.2) is 0 Å². The van der Waals surface area contributed by atoms with E-state index < -0.39 is 23.3 Å². The van der Waals surface area contributed by atoms with Gasteiger partial charge in [0.25, 0.3) is 0 Å². The summed E-state index contributed by atoms with van der Waals surface area (Å²) in [5, 5.41) is 26.6. The van der Waals surface area contributed by atoms with Crippen molar-refractivity contribution in [2.24, 2.45) is 0 Å². The van der Waals surface area contributed by atoms with Crippen LogP contribution in [-0.2, 0) is 4.74 Å². The van der Waals surface area contributed by atoms with Crippen molar-refractivity contribution >= 4 is 15.9 Å². The summed E-state index contributed by atoms with van der Waals surface area (Å²) in [6.07, 6.45) is -2.52. The normalized spacial score (nSPS) is 48.0. The Morgan fingerprint density at radius 3 is 2.20 bits per heavy atom. The first kappa shape index (κ1) is 8.42. The third-order valence-corrected chi connectivity index (χ3v) is 2.47. The molecule has 1 rings (SSSR count). The molecule has 0 amide bonds. The topological polar surface area (TPSA) is 69.9 Å². The summed E-state index contributed by atoms with van der Waals surface area (Å²) in [5.74, 6) is 0. The first-order valence-electron chi connectivity index (χ1n) is 2.93. The summed E-state index contributed by atoms with van der Waals surface area (Å²) in [4.78, 5) is -0.496. The Bertz CT molecular complexity index is 120. The van der Waals surface area contributed by atoms with Gasteiger partial charge in [0.2, 0.25) is 0 Å². The van der Waals surface area contributed by atoms with Gasteiger partial charge < -0.3 is 20.1 Å². The lowest BCUT2D eigenvalue weighted by Gasteiger charge is -2.09. The lowest BCUT2D eigenvalue weighted by Crippen LogP contribution is -2.29. The molecule has 0 aromatic carbocycles. The van der Waals surface area contributed by atoms with E-state index in [1.165, 1.54) is 0 Å². The van der Waals surface area contributed by atoms with Crippen LogP contribution in [0.4, 0.5) is 0 Å². The Hall–Kier alpha value is 0.320. The first-order chi connectivity index (χ1) is 4.66. The fourth-order valence-corrected chi connectivity index (χ4v) is 1.32. The first-order valence-corrected chi connectivity index (χ1v) is 3.85. The van der Waals surface area contributed by atoms with E-state index in [9.17, 15) is 0 Å². The van der Waals surface area contributed by atoms with Gasteiger partial charge in [0.1, 0.15) is 6.10 Å². The highest BCUT2D eigenvalue weighted by Gasteiger charge is 2.40. The summed E-state index contributed by atoms with van der Waals surface area (Å²) < 4.78 is 4.74. The van der Waals surface area contributed by atoms with Crippen LogP contribution >= 0.6 is 15.9 Å². The molecule has 0 radical (unpaired) electrons. The number of aliphatic hydroxyl groups is 3. The van der Waals surface area contributed by atoms with Crippen molar-refractivity contribution in [2.75, 3.05) is 6.61 Å². The van der Waals surface area contributed by atoms with Crippen molar-refractivity contribution in [3.8, 4) is 0 Å². The minimum Gasteiger partial charge on any atom is -0.394 e. The zero-order chi connectivity index (χ0) is 7.72. The molecule has 1 saturated heterocycles. The maximum atomic E-state index is 9.14. The van der Waals surface area contributed by atoms with Crippen molar-refractivity contribution in [1.29, 1.82) is 0 Å². The van der Waals surface area contributed by atoms with Gasteiger partial charge in [0, 0.05) is 0 Å². The molecule has 4 nitrogen and oxygen atoms in total. The summed E-state index contributed by atoms with van der Waals surface area (Å²) >= 11 is 3.01. The summed E-state index contributed by atoms with van der Waals surface area (Å²) in [7, 11) is 0. The molecule has 1 heterocycles. The average molecular weight is 213 g/mol. The standard InChI is InChI=1S/C5H9BrO4/c6-3-4(8)2(1-7)10-5(3)9/h2-5,7-9H,1H2/t2-,3+,4-,5?/m1/s1. The van der Waals surface area contributed by atoms with Crippen LogP contribution in [-0.4, -0.2) is 45.3 Å². The van der Waals surface area contributed by atoms with Crippen LogP contribution in [0.1, 0.15) is 0 Å². The minimum atomic E-state index is -1.02. The van der Waals surface area contributed by atoms with E-state index >= 15 is 0 Å². The van der Waals surface area contributed by atoms with E-state index in [2.05, 4.69) is 15.9 Å². The van der Waals surface area contributed by atoms with E-state index in [1.807, 2.05) is 0 Å². The molecule has 0 aliphatic carbocycles. The van der Waals surface area contributed by atoms with Crippen molar-refractivity contribution in [1.82, 2.24) is 0 Å². The third-order valence-electron chi connectivity index (χ3n) is 1.47. The molecule has 60 valence electrons. The molecule has 1 aliphatic rings. The molecular weight excluding hydrogens is 204 g/mol. The Balaban J connectivity index is 2.53. The second-order valence-electron chi connectivity index (χ2n) is 2.18. The molecule has 0 aromatic rings. The predicted molar refractivity (Wildman–Crippen MR) is 36.7 cm³/mol. The number of halogens is 1. The number of hydrogen-bond acceptors (Lipinski definition) is 4. The molecule has 1 aliphatic heterocycles. The van der Waals surface area contributed by atoms with E-state index in [0.717, 1.165) is 0 Å². The van der Waals surface area contributed by atoms with Gasteiger partial charge in [-0.3, -0.25) is 0 Å².